The minimum Gasteiger partial charge on any atom is -0.389 e. The van der Waals surface area contributed by atoms with Crippen LogP contribution in [-0.2, 0) is 0 Å². The van der Waals surface area contributed by atoms with Crippen LogP contribution in [0.5, 0.6) is 0 Å². The summed E-state index contributed by atoms with van der Waals surface area (Å²) in [4.78, 5) is 12.4. The molecule has 3 rings (SSSR count). The van der Waals surface area contributed by atoms with Crippen LogP contribution in [0.1, 0.15) is 15.9 Å². The second-order valence-corrected chi connectivity index (χ2v) is 4.51. The van der Waals surface area contributed by atoms with Gasteiger partial charge in [-0.25, -0.2) is 4.52 Å². The molecule has 0 bridgehead atoms. The Bertz CT molecular complexity index is 805. The summed E-state index contributed by atoms with van der Waals surface area (Å²) in [5, 5.41) is 13.3. The van der Waals surface area contributed by atoms with Crippen LogP contribution in [0.15, 0.2) is 36.8 Å². The predicted molar refractivity (Wildman–Crippen MR) is 77.6 cm³/mol. The van der Waals surface area contributed by atoms with Gasteiger partial charge in [0.1, 0.15) is 10.8 Å². The summed E-state index contributed by atoms with van der Waals surface area (Å²) in [5.74, 6) is 0.0609. The number of pyridine rings is 1. The summed E-state index contributed by atoms with van der Waals surface area (Å²) in [6.45, 7) is 0. The summed E-state index contributed by atoms with van der Waals surface area (Å²) < 4.78 is 1.62. The maximum Gasteiger partial charge on any atom is 0.260 e. The Hall–Kier alpha value is -2.74. The van der Waals surface area contributed by atoms with Gasteiger partial charge in [-0.2, -0.15) is 10.2 Å². The highest BCUT2D eigenvalue weighted by atomic mass is 32.1. The van der Waals surface area contributed by atoms with Crippen LogP contribution in [0.4, 0.5) is 5.82 Å². The third kappa shape index (κ3) is 2.01. The fraction of sp³-hybridized carbons (Fsp3) is 0. The second-order valence-electron chi connectivity index (χ2n) is 4.07. The number of anilines is 1. The zero-order valence-corrected chi connectivity index (χ0v) is 11.0. The molecule has 0 aliphatic rings. The van der Waals surface area contributed by atoms with E-state index in [0.717, 1.165) is 0 Å². The number of nitrogens with two attached hydrogens (primary N) is 1. The number of aromatic amines is 1. The third-order valence-corrected chi connectivity index (χ3v) is 3.03. The van der Waals surface area contributed by atoms with Crippen LogP contribution in [0, 0.1) is 0 Å². The van der Waals surface area contributed by atoms with E-state index in [0.29, 0.717) is 22.5 Å². The number of fused-ring (bicyclic) bond motifs is 1. The Morgan fingerprint density at radius 2 is 2.20 bits per heavy atom. The van der Waals surface area contributed by atoms with Gasteiger partial charge in [-0.1, -0.05) is 18.3 Å². The molecule has 3 aromatic heterocycles. The molecule has 3 aromatic rings. The molecule has 3 heterocycles. The van der Waals surface area contributed by atoms with Gasteiger partial charge in [-0.3, -0.25) is 9.89 Å². The number of hydrogen-bond acceptors (Lipinski definition) is 4. The van der Waals surface area contributed by atoms with Crippen molar-refractivity contribution in [2.75, 3.05) is 5.32 Å². The first kappa shape index (κ1) is 12.3. The van der Waals surface area contributed by atoms with E-state index in [4.69, 9.17) is 18.0 Å². The van der Waals surface area contributed by atoms with Gasteiger partial charge >= 0.3 is 0 Å². The topological polar surface area (TPSA) is 101 Å². The fourth-order valence-corrected chi connectivity index (χ4v) is 2.01. The van der Waals surface area contributed by atoms with E-state index < -0.39 is 0 Å². The number of rotatable bonds is 3. The first-order valence-corrected chi connectivity index (χ1v) is 6.14. The summed E-state index contributed by atoms with van der Waals surface area (Å²) in [5.41, 5.74) is 7.20. The largest absolute Gasteiger partial charge is 0.389 e. The molecule has 0 aliphatic heterocycles. The molecule has 7 nitrogen and oxygen atoms in total. The number of aromatic nitrogens is 4. The molecule has 0 saturated carbocycles. The number of thiocarbonyl (C=S) groups is 1. The van der Waals surface area contributed by atoms with E-state index in [9.17, 15) is 4.79 Å². The van der Waals surface area contributed by atoms with Crippen LogP contribution < -0.4 is 11.1 Å². The van der Waals surface area contributed by atoms with Gasteiger partial charge in [0.25, 0.3) is 5.91 Å². The number of H-pyrrole nitrogens is 1. The van der Waals surface area contributed by atoms with Gasteiger partial charge in [0, 0.05) is 6.20 Å². The molecule has 0 spiro atoms. The van der Waals surface area contributed by atoms with Gasteiger partial charge < -0.3 is 11.1 Å². The van der Waals surface area contributed by atoms with Crippen LogP contribution in [0.25, 0.3) is 5.52 Å². The van der Waals surface area contributed by atoms with E-state index in [1.54, 1.807) is 10.7 Å². The molecule has 1 amide bonds. The molecule has 0 fully saturated rings. The van der Waals surface area contributed by atoms with E-state index >= 15 is 0 Å². The zero-order chi connectivity index (χ0) is 14.1. The van der Waals surface area contributed by atoms with Crippen molar-refractivity contribution in [2.45, 2.75) is 0 Å². The van der Waals surface area contributed by atoms with Crippen molar-refractivity contribution < 1.29 is 4.79 Å². The van der Waals surface area contributed by atoms with Crippen molar-refractivity contribution in [1.29, 1.82) is 0 Å². The van der Waals surface area contributed by atoms with Crippen molar-refractivity contribution in [3.05, 3.63) is 47.9 Å². The van der Waals surface area contributed by atoms with Crippen molar-refractivity contribution in [2.24, 2.45) is 5.73 Å². The summed E-state index contributed by atoms with van der Waals surface area (Å²) in [6, 6.07) is 5.48. The second kappa shape index (κ2) is 4.74. The number of amides is 1. The van der Waals surface area contributed by atoms with Gasteiger partial charge in [-0.15, -0.1) is 0 Å². The highest BCUT2D eigenvalue weighted by Crippen LogP contribution is 2.15. The van der Waals surface area contributed by atoms with E-state index in [1.807, 2.05) is 18.2 Å². The smallest absolute Gasteiger partial charge is 0.260 e. The quantitative estimate of drug-likeness (QED) is 0.622. The van der Waals surface area contributed by atoms with Crippen LogP contribution in [0.2, 0.25) is 0 Å². The maximum absolute atomic E-state index is 12.3. The normalized spacial score (nSPS) is 10.6. The Morgan fingerprint density at radius 1 is 1.35 bits per heavy atom. The average molecular weight is 286 g/mol. The molecule has 0 aliphatic carbocycles. The van der Waals surface area contributed by atoms with Crippen LogP contribution >= 0.6 is 12.2 Å². The molecular weight excluding hydrogens is 276 g/mol. The monoisotopic (exact) mass is 286 g/mol. The van der Waals surface area contributed by atoms with E-state index in [-0.39, 0.29) is 10.9 Å². The molecular formula is C12H10N6OS. The van der Waals surface area contributed by atoms with E-state index in [2.05, 4.69) is 20.6 Å². The molecule has 100 valence electrons. The minimum atomic E-state index is -0.312. The van der Waals surface area contributed by atoms with Crippen molar-refractivity contribution >= 4 is 34.4 Å². The number of hydrogen-bond donors (Lipinski definition) is 3. The summed E-state index contributed by atoms with van der Waals surface area (Å²) >= 11 is 4.88. The molecule has 8 heteroatoms. The van der Waals surface area contributed by atoms with Gasteiger partial charge in [0.05, 0.1) is 29.0 Å². The Morgan fingerprint density at radius 3 is 3.00 bits per heavy atom. The molecule has 0 aromatic carbocycles. The number of nitrogens with one attached hydrogen (secondary N) is 2. The highest BCUT2D eigenvalue weighted by molar-refractivity contribution is 7.80. The number of carbonyl (C=O) groups excluding carboxylic acids is 1. The van der Waals surface area contributed by atoms with Crippen LogP contribution in [0.3, 0.4) is 0 Å². The highest BCUT2D eigenvalue weighted by Gasteiger charge is 2.15. The number of nitrogens with zero attached hydrogens (tertiary/aromatic N) is 3. The molecule has 0 atom stereocenters. The molecule has 0 unspecified atom stereocenters. The lowest BCUT2D eigenvalue weighted by molar-refractivity contribution is 0.102. The summed E-state index contributed by atoms with van der Waals surface area (Å²) in [7, 11) is 0. The standard InChI is InChI=1S/C12H10N6OS/c13-10(20)8-5-14-17-11(8)16-12(19)7-6-15-18-4-2-1-3-9(7)18/h1-6H,(H2,13,20)(H2,14,16,17,19). The number of carbonyl (C=O) groups is 1. The van der Waals surface area contributed by atoms with Crippen molar-refractivity contribution in [3.8, 4) is 0 Å². The Kier molecular flexibility index (Phi) is 2.92. The van der Waals surface area contributed by atoms with E-state index in [1.165, 1.54) is 12.4 Å². The molecule has 0 radical (unpaired) electrons. The maximum atomic E-state index is 12.3. The summed E-state index contributed by atoms with van der Waals surface area (Å²) in [6.07, 6.45) is 4.73. The SMILES string of the molecule is NC(=S)c1cn[nH]c1NC(=O)c1cnn2ccccc12. The van der Waals surface area contributed by atoms with Crippen molar-refractivity contribution in [3.63, 3.8) is 0 Å². The first-order valence-electron chi connectivity index (χ1n) is 5.73. The lowest BCUT2D eigenvalue weighted by Gasteiger charge is -2.03. The van der Waals surface area contributed by atoms with Gasteiger partial charge in [0.15, 0.2) is 0 Å². The lowest BCUT2D eigenvalue weighted by Crippen LogP contribution is -2.16. The lowest BCUT2D eigenvalue weighted by atomic mass is 10.2. The molecule has 20 heavy (non-hydrogen) atoms. The Labute approximate surface area is 118 Å². The first-order chi connectivity index (χ1) is 9.66. The average Bonchev–Trinajstić information content (AvgIpc) is 3.04. The minimum absolute atomic E-state index is 0.161. The fourth-order valence-electron chi connectivity index (χ4n) is 1.86. The van der Waals surface area contributed by atoms with Crippen LogP contribution in [-0.4, -0.2) is 30.7 Å². The zero-order valence-electron chi connectivity index (χ0n) is 10.2. The third-order valence-electron chi connectivity index (χ3n) is 2.81. The van der Waals surface area contributed by atoms with Gasteiger partial charge in [-0.05, 0) is 12.1 Å². The predicted octanol–water partition coefficient (Wildman–Crippen LogP) is 0.944. The van der Waals surface area contributed by atoms with Crippen molar-refractivity contribution in [1.82, 2.24) is 19.8 Å². The van der Waals surface area contributed by atoms with Gasteiger partial charge in [0.2, 0.25) is 0 Å². The Balaban J connectivity index is 1.93. The molecule has 4 N–H and O–H groups in total. The molecule has 0 saturated heterocycles.